The second kappa shape index (κ2) is 8.42. The van der Waals surface area contributed by atoms with Crippen LogP contribution in [0.25, 0.3) is 0 Å². The molecular formula is C17H11BrF9N5O2. The van der Waals surface area contributed by atoms with Gasteiger partial charge < -0.3 is 5.32 Å². The predicted octanol–water partition coefficient (Wildman–Crippen LogP) is 4.60. The number of halogens is 10. The smallest absolute Gasteiger partial charge is 0.305 e. The summed E-state index contributed by atoms with van der Waals surface area (Å²) in [6.45, 7) is 0. The fourth-order valence-electron chi connectivity index (χ4n) is 2.84. The van der Waals surface area contributed by atoms with Crippen LogP contribution >= 0.6 is 16.1 Å². The molecule has 3 rings (SSSR count). The number of pyridine rings is 1. The molecule has 2 aromatic heterocycles. The van der Waals surface area contributed by atoms with Crippen molar-refractivity contribution in [2.24, 2.45) is 7.05 Å². The SMILES string of the molecule is Cn1nc(C(F)(F)C(F)(F)F)c(C(F)(F)F)c1C(=O)Nc1ccc(C(=O)N(Br)[C@@H]2C[C@@H]2F)cn1. The van der Waals surface area contributed by atoms with Crippen LogP contribution in [-0.4, -0.2) is 48.9 Å². The number of nitrogens with one attached hydrogen (secondary N) is 1. The Morgan fingerprint density at radius 3 is 2.18 bits per heavy atom. The molecule has 0 aromatic carbocycles. The van der Waals surface area contributed by atoms with Crippen LogP contribution in [0.15, 0.2) is 18.3 Å². The minimum absolute atomic E-state index is 0.0588. The third-order valence-electron chi connectivity index (χ3n) is 4.62. The van der Waals surface area contributed by atoms with Crippen LogP contribution in [0.4, 0.5) is 45.3 Å². The monoisotopic (exact) mass is 567 g/mol. The van der Waals surface area contributed by atoms with E-state index < -0.39 is 65.1 Å². The van der Waals surface area contributed by atoms with E-state index >= 15 is 0 Å². The summed E-state index contributed by atoms with van der Waals surface area (Å²) in [5.74, 6) is -8.91. The largest absolute Gasteiger partial charge is 0.459 e. The molecule has 0 spiro atoms. The second-order valence-electron chi connectivity index (χ2n) is 7.09. The summed E-state index contributed by atoms with van der Waals surface area (Å²) in [6.07, 6.45) is -12.4. The molecule has 1 N–H and O–H groups in total. The van der Waals surface area contributed by atoms with Gasteiger partial charge >= 0.3 is 18.3 Å². The first-order valence-corrected chi connectivity index (χ1v) is 9.67. The number of amides is 2. The standard InChI is InChI=1S/C17H11BrF9N5O2/c1-31-11(10(16(22,23)24)12(30-31)15(20,21)17(25,26)27)13(33)29-9-3-2-6(5-28-9)14(34)32(18)8-4-7(8)19/h2-3,5,7-8H,4H2,1H3,(H,28,29,33)/t7-,8+/m0/s1. The van der Waals surface area contributed by atoms with Gasteiger partial charge in [-0.15, -0.1) is 0 Å². The number of hydrogen-bond donors (Lipinski definition) is 1. The maximum absolute atomic E-state index is 13.7. The van der Waals surface area contributed by atoms with Gasteiger partial charge in [-0.1, -0.05) is 0 Å². The molecule has 2 aromatic rings. The fraction of sp³-hybridized carbons (Fsp3) is 0.412. The average molecular weight is 568 g/mol. The number of alkyl halides is 9. The van der Waals surface area contributed by atoms with Gasteiger partial charge in [0.1, 0.15) is 23.2 Å². The third-order valence-corrected chi connectivity index (χ3v) is 5.47. The lowest BCUT2D eigenvalue weighted by atomic mass is 10.1. The predicted molar refractivity (Wildman–Crippen MR) is 98.7 cm³/mol. The summed E-state index contributed by atoms with van der Waals surface area (Å²) < 4.78 is 120. The number of hydrogen-bond acceptors (Lipinski definition) is 4. The highest BCUT2D eigenvalue weighted by Gasteiger charge is 2.64. The normalized spacial score (nSPS) is 18.6. The molecule has 17 heteroatoms. The number of carbonyl (C=O) groups is 2. The lowest BCUT2D eigenvalue weighted by Crippen LogP contribution is -2.36. The number of aryl methyl sites for hydroxylation is 1. The summed E-state index contributed by atoms with van der Waals surface area (Å²) in [4.78, 5) is 28.2. The summed E-state index contributed by atoms with van der Waals surface area (Å²) in [7, 11) is 0.579. The Morgan fingerprint density at radius 2 is 1.74 bits per heavy atom. The maximum Gasteiger partial charge on any atom is 0.459 e. The quantitative estimate of drug-likeness (QED) is 0.423. The average Bonchev–Trinajstić information content (AvgIpc) is 3.32. The van der Waals surface area contributed by atoms with Crippen molar-refractivity contribution in [3.05, 3.63) is 40.8 Å². The van der Waals surface area contributed by atoms with Gasteiger partial charge in [-0.25, -0.2) is 9.37 Å². The van der Waals surface area contributed by atoms with E-state index in [2.05, 4.69) is 26.2 Å². The van der Waals surface area contributed by atoms with Crippen molar-refractivity contribution in [1.82, 2.24) is 18.7 Å². The van der Waals surface area contributed by atoms with Gasteiger partial charge in [-0.3, -0.25) is 18.2 Å². The van der Waals surface area contributed by atoms with Crippen molar-refractivity contribution in [2.45, 2.75) is 36.9 Å². The first-order valence-electron chi connectivity index (χ1n) is 8.96. The van der Waals surface area contributed by atoms with Crippen molar-refractivity contribution < 1.29 is 49.1 Å². The number of aromatic nitrogens is 3. The van der Waals surface area contributed by atoms with E-state index in [4.69, 9.17) is 0 Å². The molecule has 186 valence electrons. The molecular weight excluding hydrogens is 557 g/mol. The highest BCUT2D eigenvalue weighted by atomic mass is 79.9. The molecule has 0 bridgehead atoms. The Bertz CT molecular complexity index is 1110. The van der Waals surface area contributed by atoms with Gasteiger partial charge in [-0.2, -0.15) is 40.2 Å². The highest BCUT2D eigenvalue weighted by molar-refractivity contribution is 9.07. The van der Waals surface area contributed by atoms with E-state index in [-0.39, 0.29) is 16.7 Å². The number of rotatable bonds is 5. The van der Waals surface area contributed by atoms with Gasteiger partial charge in [0.05, 0.1) is 27.8 Å². The molecule has 1 fully saturated rings. The van der Waals surface area contributed by atoms with E-state index in [0.717, 1.165) is 22.3 Å². The third kappa shape index (κ3) is 4.69. The van der Waals surface area contributed by atoms with Crippen LogP contribution in [0.3, 0.4) is 0 Å². The summed E-state index contributed by atoms with van der Waals surface area (Å²) in [5.41, 5.74) is -6.97. The van der Waals surface area contributed by atoms with Crippen molar-refractivity contribution in [1.29, 1.82) is 0 Å². The van der Waals surface area contributed by atoms with Gasteiger partial charge in [-0.05, 0) is 12.1 Å². The van der Waals surface area contributed by atoms with E-state index in [0.29, 0.717) is 7.05 Å². The first-order chi connectivity index (χ1) is 15.5. The van der Waals surface area contributed by atoms with Crippen LogP contribution in [0.2, 0.25) is 0 Å². The molecule has 1 saturated carbocycles. The van der Waals surface area contributed by atoms with Gasteiger partial charge in [0.15, 0.2) is 5.69 Å². The lowest BCUT2D eigenvalue weighted by molar-refractivity contribution is -0.292. The van der Waals surface area contributed by atoms with E-state index in [9.17, 15) is 49.1 Å². The van der Waals surface area contributed by atoms with Crippen LogP contribution < -0.4 is 5.32 Å². The molecule has 0 radical (unpaired) electrons. The van der Waals surface area contributed by atoms with Gasteiger partial charge in [0, 0.05) is 19.7 Å². The minimum atomic E-state index is -6.41. The molecule has 0 saturated heterocycles. The second-order valence-corrected chi connectivity index (χ2v) is 7.85. The van der Waals surface area contributed by atoms with E-state index in [1.54, 1.807) is 0 Å². The zero-order valence-corrected chi connectivity index (χ0v) is 18.1. The molecule has 2 atom stereocenters. The van der Waals surface area contributed by atoms with Crippen molar-refractivity contribution in [3.8, 4) is 0 Å². The molecule has 1 aliphatic carbocycles. The summed E-state index contributed by atoms with van der Waals surface area (Å²) >= 11 is 2.89. The van der Waals surface area contributed by atoms with Crippen molar-refractivity contribution in [3.63, 3.8) is 0 Å². The summed E-state index contributed by atoms with van der Waals surface area (Å²) in [6, 6.07) is 1.34. The minimum Gasteiger partial charge on any atom is -0.305 e. The van der Waals surface area contributed by atoms with Gasteiger partial charge in [0.25, 0.3) is 11.8 Å². The number of anilines is 1. The fourth-order valence-corrected chi connectivity index (χ4v) is 3.47. The zero-order valence-electron chi connectivity index (χ0n) is 16.5. The molecule has 7 nitrogen and oxygen atoms in total. The number of carbonyl (C=O) groups excluding carboxylic acids is 2. The van der Waals surface area contributed by atoms with Crippen molar-refractivity contribution in [2.75, 3.05) is 5.32 Å². The van der Waals surface area contributed by atoms with Crippen LogP contribution in [0.5, 0.6) is 0 Å². The van der Waals surface area contributed by atoms with Crippen molar-refractivity contribution >= 4 is 33.8 Å². The molecule has 1 aliphatic rings. The first kappa shape index (κ1) is 25.8. The van der Waals surface area contributed by atoms with Crippen LogP contribution in [0, 0.1) is 0 Å². The molecule has 2 heterocycles. The Balaban J connectivity index is 1.90. The Hall–Kier alpha value is -2.85. The van der Waals surface area contributed by atoms with E-state index in [1.807, 2.05) is 5.32 Å². The number of nitrogens with zero attached hydrogens (tertiary/aromatic N) is 4. The maximum atomic E-state index is 13.7. The summed E-state index contributed by atoms with van der Waals surface area (Å²) in [5, 5.41) is 4.44. The van der Waals surface area contributed by atoms with Gasteiger partial charge in [0.2, 0.25) is 0 Å². The molecule has 0 aliphatic heterocycles. The topological polar surface area (TPSA) is 80.1 Å². The molecule has 0 unspecified atom stereocenters. The Morgan fingerprint density at radius 1 is 1.15 bits per heavy atom. The van der Waals surface area contributed by atoms with Crippen LogP contribution in [0.1, 0.15) is 38.5 Å². The highest BCUT2D eigenvalue weighted by Crippen LogP contribution is 2.48. The molecule has 2 amide bonds. The van der Waals surface area contributed by atoms with Crippen LogP contribution in [-0.2, 0) is 19.1 Å². The zero-order chi connectivity index (χ0) is 25.8. The van der Waals surface area contributed by atoms with E-state index in [1.165, 1.54) is 0 Å². The Labute approximate surface area is 192 Å². The Kier molecular flexibility index (Phi) is 6.38. The lowest BCUT2D eigenvalue weighted by Gasteiger charge is -2.19. The molecule has 34 heavy (non-hydrogen) atoms.